The van der Waals surface area contributed by atoms with Gasteiger partial charge in [0.05, 0.1) is 29.5 Å². The highest BCUT2D eigenvalue weighted by atomic mass is 79.9. The van der Waals surface area contributed by atoms with E-state index in [1.807, 2.05) is 55.5 Å². The van der Waals surface area contributed by atoms with Gasteiger partial charge in [0.1, 0.15) is 5.82 Å². The van der Waals surface area contributed by atoms with Crippen LogP contribution in [0.1, 0.15) is 6.92 Å². The van der Waals surface area contributed by atoms with Gasteiger partial charge in [-0.1, -0.05) is 36.4 Å². The molecule has 0 bridgehead atoms. The van der Waals surface area contributed by atoms with Crippen molar-refractivity contribution in [2.75, 3.05) is 32.1 Å². The van der Waals surface area contributed by atoms with Crippen LogP contribution in [-0.4, -0.2) is 52.3 Å². The van der Waals surface area contributed by atoms with Crippen molar-refractivity contribution in [3.63, 3.8) is 0 Å². The maximum absolute atomic E-state index is 9.17. The van der Waals surface area contributed by atoms with Crippen molar-refractivity contribution >= 4 is 33.1 Å². The zero-order valence-electron chi connectivity index (χ0n) is 17.4. The van der Waals surface area contributed by atoms with Crippen molar-refractivity contribution in [2.45, 2.75) is 6.92 Å². The summed E-state index contributed by atoms with van der Waals surface area (Å²) in [5.74, 6) is 0.775. The molecule has 162 valence electrons. The Morgan fingerprint density at radius 2 is 2.10 bits per heavy atom. The molecular formula is C22H25BrN6O2. The van der Waals surface area contributed by atoms with Crippen LogP contribution in [0.2, 0.25) is 0 Å². The van der Waals surface area contributed by atoms with Crippen LogP contribution in [0.3, 0.4) is 0 Å². The fourth-order valence-corrected chi connectivity index (χ4v) is 3.19. The zero-order chi connectivity index (χ0) is 22.1. The topological polar surface area (TPSA) is 96.1 Å². The highest BCUT2D eigenvalue weighted by Crippen LogP contribution is 2.25. The van der Waals surface area contributed by atoms with Gasteiger partial charge in [-0.05, 0) is 34.5 Å². The van der Waals surface area contributed by atoms with E-state index in [-0.39, 0.29) is 0 Å². The summed E-state index contributed by atoms with van der Waals surface area (Å²) in [7, 11) is 1.65. The SMILES string of the molecule is COCCN=C(C)C=CC(=CNO)CNc1cc(-c2ccccc2)nc2c(Br)cnn12. The van der Waals surface area contributed by atoms with Crippen molar-refractivity contribution < 1.29 is 9.94 Å². The lowest BCUT2D eigenvalue weighted by molar-refractivity contribution is 0.208. The number of aromatic nitrogens is 3. The number of nitrogens with zero attached hydrogens (tertiary/aromatic N) is 4. The molecule has 0 saturated heterocycles. The minimum Gasteiger partial charge on any atom is -0.383 e. The number of anilines is 1. The normalized spacial score (nSPS) is 12.6. The van der Waals surface area contributed by atoms with E-state index in [2.05, 4.69) is 36.8 Å². The molecule has 0 atom stereocenters. The second-order valence-electron chi connectivity index (χ2n) is 6.67. The summed E-state index contributed by atoms with van der Waals surface area (Å²) in [5, 5.41) is 17.0. The van der Waals surface area contributed by atoms with Gasteiger partial charge in [-0.15, -0.1) is 0 Å². The van der Waals surface area contributed by atoms with Crippen LogP contribution in [0, 0.1) is 0 Å². The zero-order valence-corrected chi connectivity index (χ0v) is 19.0. The standard InChI is InChI=1S/C22H25BrN6O2/c1-16(24-10-11-31-2)8-9-17(14-27-30)13-25-21-12-20(18-6-4-3-5-7-18)28-22-19(23)15-26-29(21)22/h3-9,12,14-15,25,27,30H,10-11,13H2,1-2H3. The van der Waals surface area contributed by atoms with E-state index in [0.29, 0.717) is 25.3 Å². The molecule has 2 aromatic heterocycles. The molecule has 2 heterocycles. The van der Waals surface area contributed by atoms with Crippen LogP contribution in [0.15, 0.2) is 76.0 Å². The van der Waals surface area contributed by atoms with Crippen molar-refractivity contribution in [1.29, 1.82) is 0 Å². The van der Waals surface area contributed by atoms with Crippen molar-refractivity contribution in [3.8, 4) is 11.3 Å². The number of halogens is 1. The first-order valence-electron chi connectivity index (χ1n) is 9.72. The van der Waals surface area contributed by atoms with Gasteiger partial charge in [0.25, 0.3) is 0 Å². The molecule has 0 radical (unpaired) electrons. The fraction of sp³-hybridized carbons (Fsp3) is 0.227. The molecule has 0 fully saturated rings. The van der Waals surface area contributed by atoms with E-state index >= 15 is 0 Å². The molecule has 8 nitrogen and oxygen atoms in total. The number of hydrogen-bond donors (Lipinski definition) is 3. The van der Waals surface area contributed by atoms with Gasteiger partial charge in [-0.25, -0.2) is 4.98 Å². The second-order valence-corrected chi connectivity index (χ2v) is 7.53. The van der Waals surface area contributed by atoms with E-state index in [4.69, 9.17) is 9.72 Å². The summed E-state index contributed by atoms with van der Waals surface area (Å²) in [5.41, 5.74) is 6.35. The molecule has 0 spiro atoms. The first-order chi connectivity index (χ1) is 15.1. The average molecular weight is 485 g/mol. The summed E-state index contributed by atoms with van der Waals surface area (Å²) in [4.78, 5) is 9.13. The predicted molar refractivity (Wildman–Crippen MR) is 127 cm³/mol. The van der Waals surface area contributed by atoms with E-state index < -0.39 is 0 Å². The van der Waals surface area contributed by atoms with Gasteiger partial charge < -0.3 is 10.1 Å². The second kappa shape index (κ2) is 11.4. The first kappa shape index (κ1) is 22.7. The van der Waals surface area contributed by atoms with Gasteiger partial charge in [0, 0.05) is 37.2 Å². The number of ether oxygens (including phenoxy) is 1. The lowest BCUT2D eigenvalue weighted by Gasteiger charge is -2.11. The van der Waals surface area contributed by atoms with Crippen LogP contribution < -0.4 is 10.8 Å². The Kier molecular flexibility index (Phi) is 8.34. The highest BCUT2D eigenvalue weighted by molar-refractivity contribution is 9.10. The van der Waals surface area contributed by atoms with Crippen LogP contribution in [0.4, 0.5) is 5.82 Å². The quantitative estimate of drug-likeness (QED) is 0.173. The van der Waals surface area contributed by atoms with Gasteiger partial charge in [-0.2, -0.15) is 9.61 Å². The Balaban J connectivity index is 1.83. The maximum Gasteiger partial charge on any atom is 0.172 e. The number of methoxy groups -OCH3 is 1. The molecule has 3 rings (SSSR count). The Bertz CT molecular complexity index is 1090. The van der Waals surface area contributed by atoms with Gasteiger partial charge in [-0.3, -0.25) is 15.7 Å². The Labute approximate surface area is 189 Å². The molecule has 0 aliphatic heterocycles. The summed E-state index contributed by atoms with van der Waals surface area (Å²) in [6.07, 6.45) is 7.01. The van der Waals surface area contributed by atoms with E-state index in [0.717, 1.165) is 32.8 Å². The number of rotatable bonds is 10. The molecule has 9 heteroatoms. The summed E-state index contributed by atoms with van der Waals surface area (Å²) < 4.78 is 7.56. The average Bonchev–Trinajstić information content (AvgIpc) is 3.17. The number of aliphatic imine (C=N–C) groups is 1. The van der Waals surface area contributed by atoms with E-state index in [1.165, 1.54) is 6.20 Å². The number of benzene rings is 1. The smallest absolute Gasteiger partial charge is 0.172 e. The minimum absolute atomic E-state index is 0.445. The number of nitrogens with one attached hydrogen (secondary N) is 2. The van der Waals surface area contributed by atoms with Crippen molar-refractivity contribution in [1.82, 2.24) is 20.1 Å². The molecule has 1 aromatic carbocycles. The Hall–Kier alpha value is -3.01. The van der Waals surface area contributed by atoms with Crippen LogP contribution in [0.5, 0.6) is 0 Å². The molecule has 0 aliphatic rings. The Morgan fingerprint density at radius 3 is 2.84 bits per heavy atom. The molecule has 3 aromatic rings. The molecule has 0 aliphatic carbocycles. The third-order valence-electron chi connectivity index (χ3n) is 4.42. The molecular weight excluding hydrogens is 460 g/mol. The lowest BCUT2D eigenvalue weighted by atomic mass is 10.1. The minimum atomic E-state index is 0.445. The summed E-state index contributed by atoms with van der Waals surface area (Å²) in [6, 6.07) is 11.9. The predicted octanol–water partition coefficient (Wildman–Crippen LogP) is 4.10. The molecule has 0 saturated carbocycles. The van der Waals surface area contributed by atoms with Crippen LogP contribution in [-0.2, 0) is 4.74 Å². The number of fused-ring (bicyclic) bond motifs is 1. The van der Waals surface area contributed by atoms with Crippen molar-refractivity contribution in [2.24, 2.45) is 4.99 Å². The largest absolute Gasteiger partial charge is 0.383 e. The van der Waals surface area contributed by atoms with Crippen LogP contribution in [0.25, 0.3) is 16.9 Å². The van der Waals surface area contributed by atoms with Crippen molar-refractivity contribution in [3.05, 3.63) is 71.0 Å². The van der Waals surface area contributed by atoms with Gasteiger partial charge in [0.2, 0.25) is 0 Å². The van der Waals surface area contributed by atoms with Gasteiger partial charge in [0.15, 0.2) is 5.65 Å². The molecule has 0 amide bonds. The maximum atomic E-state index is 9.17. The Morgan fingerprint density at radius 1 is 1.29 bits per heavy atom. The molecule has 3 N–H and O–H groups in total. The van der Waals surface area contributed by atoms with E-state index in [1.54, 1.807) is 17.8 Å². The molecule has 0 unspecified atom stereocenters. The monoisotopic (exact) mass is 484 g/mol. The summed E-state index contributed by atoms with van der Waals surface area (Å²) in [6.45, 7) is 3.55. The number of hydroxylamine groups is 1. The lowest BCUT2D eigenvalue weighted by Crippen LogP contribution is -2.11. The molecule has 31 heavy (non-hydrogen) atoms. The van der Waals surface area contributed by atoms with Crippen LogP contribution >= 0.6 is 15.9 Å². The highest BCUT2D eigenvalue weighted by Gasteiger charge is 2.11. The first-order valence-corrected chi connectivity index (χ1v) is 10.5. The summed E-state index contributed by atoms with van der Waals surface area (Å²) >= 11 is 3.52. The fourth-order valence-electron chi connectivity index (χ4n) is 2.85. The van der Waals surface area contributed by atoms with E-state index in [9.17, 15) is 5.21 Å². The third-order valence-corrected chi connectivity index (χ3v) is 4.98. The third kappa shape index (κ3) is 6.24. The number of allylic oxidation sites excluding steroid dienone is 1. The van der Waals surface area contributed by atoms with Gasteiger partial charge >= 0.3 is 0 Å². The number of hydrogen-bond acceptors (Lipinski definition) is 7.